The Morgan fingerprint density at radius 1 is 1.19 bits per heavy atom. The molecule has 0 radical (unpaired) electrons. The van der Waals surface area contributed by atoms with Crippen molar-refractivity contribution in [3.05, 3.63) is 47.5 Å². The van der Waals surface area contributed by atoms with Gasteiger partial charge in [0.25, 0.3) is 5.89 Å². The van der Waals surface area contributed by atoms with Crippen LogP contribution < -0.4 is 9.64 Å². The lowest BCUT2D eigenvalue weighted by Gasteiger charge is -2.26. The van der Waals surface area contributed by atoms with Crippen molar-refractivity contribution in [2.24, 2.45) is 5.92 Å². The van der Waals surface area contributed by atoms with Crippen LogP contribution in [0.2, 0.25) is 5.02 Å². The zero-order valence-electron chi connectivity index (χ0n) is 18.3. The molecule has 1 aliphatic carbocycles. The number of carbonyl (C=O) groups is 1. The molecule has 0 aliphatic heterocycles. The summed E-state index contributed by atoms with van der Waals surface area (Å²) in [5.41, 5.74) is 2.57. The fourth-order valence-corrected chi connectivity index (χ4v) is 4.26. The van der Waals surface area contributed by atoms with Gasteiger partial charge in [-0.25, -0.2) is 0 Å². The van der Waals surface area contributed by atoms with E-state index in [2.05, 4.69) is 15.0 Å². The predicted octanol–water partition coefficient (Wildman–Crippen LogP) is 5.53. The Labute approximate surface area is 192 Å². The number of hydrogen-bond donors (Lipinski definition) is 1. The molecule has 1 N–H and O–H groups in total. The fourth-order valence-electron chi connectivity index (χ4n) is 4.03. The van der Waals surface area contributed by atoms with Gasteiger partial charge in [-0.05, 0) is 75.6 Å². The second-order valence-corrected chi connectivity index (χ2v) is 8.80. The number of benzene rings is 2. The molecule has 1 saturated carbocycles. The molecular formula is C24H26ClN3O4. The minimum absolute atomic E-state index is 0.0319. The van der Waals surface area contributed by atoms with E-state index in [1.165, 1.54) is 0 Å². The van der Waals surface area contributed by atoms with Crippen molar-refractivity contribution in [3.8, 4) is 28.6 Å². The number of aromatic nitrogens is 2. The maximum atomic E-state index is 11.2. The molecule has 168 valence electrons. The third-order valence-electron chi connectivity index (χ3n) is 5.80. The SMILES string of the molecule is CC(C)Oc1ccc(-c2noc(-c3ccc(N(C)[C@H]4CC[C@@H](C(=O)O)C4)cc3)n2)cc1Cl. The zero-order valence-corrected chi connectivity index (χ0v) is 19.0. The summed E-state index contributed by atoms with van der Waals surface area (Å²) in [6.45, 7) is 3.89. The maximum Gasteiger partial charge on any atom is 0.306 e. The average molecular weight is 456 g/mol. The van der Waals surface area contributed by atoms with Crippen LogP contribution in [-0.2, 0) is 4.79 Å². The normalized spacial score (nSPS) is 18.2. The van der Waals surface area contributed by atoms with Crippen LogP contribution in [0.5, 0.6) is 5.75 Å². The number of ether oxygens (including phenoxy) is 1. The quantitative estimate of drug-likeness (QED) is 0.500. The number of nitrogens with zero attached hydrogens (tertiary/aromatic N) is 3. The summed E-state index contributed by atoms with van der Waals surface area (Å²) >= 11 is 6.33. The molecule has 1 aromatic heterocycles. The Hall–Kier alpha value is -3.06. The van der Waals surface area contributed by atoms with E-state index in [1.807, 2.05) is 51.2 Å². The van der Waals surface area contributed by atoms with E-state index in [4.69, 9.17) is 20.9 Å². The van der Waals surface area contributed by atoms with E-state index in [1.54, 1.807) is 12.1 Å². The third-order valence-corrected chi connectivity index (χ3v) is 6.10. The van der Waals surface area contributed by atoms with Crippen LogP contribution in [-0.4, -0.2) is 40.4 Å². The molecule has 2 aromatic carbocycles. The standard InChI is InChI=1S/C24H26ClN3O4/c1-14(2)31-21-11-7-16(13-20(21)25)22-26-23(32-27-22)15-4-8-18(9-5-15)28(3)19-10-6-17(12-19)24(29)30/h4-5,7-9,11,13-14,17,19H,6,10,12H2,1-3H3,(H,29,30)/t17-,19+/m1/s1. The van der Waals surface area contributed by atoms with Crippen LogP contribution in [0.3, 0.4) is 0 Å². The highest BCUT2D eigenvalue weighted by atomic mass is 35.5. The fraction of sp³-hybridized carbons (Fsp3) is 0.375. The molecule has 0 spiro atoms. The van der Waals surface area contributed by atoms with Gasteiger partial charge in [0.15, 0.2) is 0 Å². The highest BCUT2D eigenvalue weighted by molar-refractivity contribution is 6.32. The molecule has 32 heavy (non-hydrogen) atoms. The monoisotopic (exact) mass is 455 g/mol. The smallest absolute Gasteiger partial charge is 0.306 e. The number of anilines is 1. The summed E-state index contributed by atoms with van der Waals surface area (Å²) in [7, 11) is 2.01. The zero-order chi connectivity index (χ0) is 22.8. The summed E-state index contributed by atoms with van der Waals surface area (Å²) in [5, 5.41) is 13.8. The Morgan fingerprint density at radius 3 is 2.53 bits per heavy atom. The number of hydrogen-bond acceptors (Lipinski definition) is 6. The van der Waals surface area contributed by atoms with Gasteiger partial charge in [-0.2, -0.15) is 4.98 Å². The highest BCUT2D eigenvalue weighted by Crippen LogP contribution is 2.33. The van der Waals surface area contributed by atoms with Crippen LogP contribution in [0.25, 0.3) is 22.8 Å². The molecule has 1 aliphatic rings. The second-order valence-electron chi connectivity index (χ2n) is 8.39. The van der Waals surface area contributed by atoms with Gasteiger partial charge in [0.1, 0.15) is 5.75 Å². The molecule has 8 heteroatoms. The molecule has 2 atom stereocenters. The van der Waals surface area contributed by atoms with Crippen molar-refractivity contribution < 1.29 is 19.2 Å². The molecule has 3 aromatic rings. The van der Waals surface area contributed by atoms with Crippen molar-refractivity contribution in [2.45, 2.75) is 45.3 Å². The first-order valence-corrected chi connectivity index (χ1v) is 11.1. The molecule has 0 saturated heterocycles. The molecule has 0 amide bonds. The summed E-state index contributed by atoms with van der Waals surface area (Å²) in [5.74, 6) is 0.528. The summed E-state index contributed by atoms with van der Waals surface area (Å²) < 4.78 is 11.1. The second kappa shape index (κ2) is 9.20. The van der Waals surface area contributed by atoms with E-state index in [9.17, 15) is 9.90 Å². The maximum absolute atomic E-state index is 11.2. The summed E-state index contributed by atoms with van der Waals surface area (Å²) in [6, 6.07) is 13.5. The molecule has 4 rings (SSSR count). The molecule has 0 bridgehead atoms. The third kappa shape index (κ3) is 4.72. The molecule has 1 fully saturated rings. The number of aliphatic carboxylic acids is 1. The van der Waals surface area contributed by atoms with Gasteiger partial charge < -0.3 is 19.3 Å². The van der Waals surface area contributed by atoms with Gasteiger partial charge in [-0.3, -0.25) is 4.79 Å². The van der Waals surface area contributed by atoms with Crippen molar-refractivity contribution in [2.75, 3.05) is 11.9 Å². The lowest BCUT2D eigenvalue weighted by Crippen LogP contribution is -2.29. The number of carboxylic acids is 1. The number of rotatable bonds is 7. The van der Waals surface area contributed by atoms with Crippen LogP contribution in [0.1, 0.15) is 33.1 Å². The van der Waals surface area contributed by atoms with Crippen LogP contribution in [0.4, 0.5) is 5.69 Å². The molecule has 1 heterocycles. The van der Waals surface area contributed by atoms with E-state index in [0.29, 0.717) is 28.9 Å². The highest BCUT2D eigenvalue weighted by Gasteiger charge is 2.32. The van der Waals surface area contributed by atoms with Gasteiger partial charge >= 0.3 is 5.97 Å². The predicted molar refractivity (Wildman–Crippen MR) is 123 cm³/mol. The molecule has 7 nitrogen and oxygen atoms in total. The Kier molecular flexibility index (Phi) is 6.37. The summed E-state index contributed by atoms with van der Waals surface area (Å²) in [4.78, 5) is 17.9. The Balaban J connectivity index is 1.47. The van der Waals surface area contributed by atoms with E-state index in [-0.39, 0.29) is 18.1 Å². The minimum Gasteiger partial charge on any atom is -0.489 e. The average Bonchev–Trinajstić information content (AvgIpc) is 3.45. The van der Waals surface area contributed by atoms with Gasteiger partial charge in [-0.1, -0.05) is 16.8 Å². The summed E-state index contributed by atoms with van der Waals surface area (Å²) in [6.07, 6.45) is 2.31. The van der Waals surface area contributed by atoms with E-state index < -0.39 is 5.97 Å². The molecule has 0 unspecified atom stereocenters. The first-order valence-electron chi connectivity index (χ1n) is 10.7. The van der Waals surface area contributed by atoms with Gasteiger partial charge in [0.2, 0.25) is 5.82 Å². The lowest BCUT2D eigenvalue weighted by atomic mass is 10.1. The Morgan fingerprint density at radius 2 is 1.91 bits per heavy atom. The van der Waals surface area contributed by atoms with Gasteiger partial charge in [-0.15, -0.1) is 0 Å². The Bertz CT molecular complexity index is 1100. The first kappa shape index (κ1) is 22.1. The largest absolute Gasteiger partial charge is 0.489 e. The molecular weight excluding hydrogens is 430 g/mol. The van der Waals surface area contributed by atoms with Crippen LogP contribution in [0.15, 0.2) is 47.0 Å². The van der Waals surface area contributed by atoms with Crippen LogP contribution in [0, 0.1) is 5.92 Å². The number of halogens is 1. The van der Waals surface area contributed by atoms with Gasteiger partial charge in [0.05, 0.1) is 17.0 Å². The first-order chi connectivity index (χ1) is 15.3. The number of carboxylic acid groups (broad SMARTS) is 1. The topological polar surface area (TPSA) is 88.7 Å². The van der Waals surface area contributed by atoms with Crippen molar-refractivity contribution in [1.29, 1.82) is 0 Å². The van der Waals surface area contributed by atoms with E-state index in [0.717, 1.165) is 29.7 Å². The van der Waals surface area contributed by atoms with Crippen molar-refractivity contribution >= 4 is 23.3 Å². The van der Waals surface area contributed by atoms with Crippen molar-refractivity contribution in [3.63, 3.8) is 0 Å². The minimum atomic E-state index is -0.702. The van der Waals surface area contributed by atoms with Crippen molar-refractivity contribution in [1.82, 2.24) is 10.1 Å². The lowest BCUT2D eigenvalue weighted by molar-refractivity contribution is -0.141. The van der Waals surface area contributed by atoms with Crippen LogP contribution >= 0.6 is 11.6 Å². The van der Waals surface area contributed by atoms with E-state index >= 15 is 0 Å². The van der Waals surface area contributed by atoms with Gasteiger partial charge in [0, 0.05) is 29.9 Å².